The fraction of sp³-hybridized carbons (Fsp3) is 0.353. The minimum Gasteiger partial charge on any atom is -0.382 e. The van der Waals surface area contributed by atoms with E-state index in [4.69, 9.17) is 22.3 Å². The zero-order valence-electron chi connectivity index (χ0n) is 14.5. The van der Waals surface area contributed by atoms with Crippen LogP contribution in [0.1, 0.15) is 20.3 Å². The molecule has 0 aliphatic heterocycles. The lowest BCUT2D eigenvalue weighted by molar-refractivity contribution is 0.525. The first-order chi connectivity index (χ1) is 12.5. The number of nitrogens with one attached hydrogen (secondary N) is 1. The number of aromatic nitrogens is 4. The lowest BCUT2D eigenvalue weighted by Crippen LogP contribution is -2.24. The number of halogens is 2. The highest BCUT2D eigenvalue weighted by Crippen LogP contribution is 2.35. The number of imidazole rings is 1. The van der Waals surface area contributed by atoms with Gasteiger partial charge in [-0.3, -0.25) is 0 Å². The third-order valence-corrected chi connectivity index (χ3v) is 6.32. The van der Waals surface area contributed by atoms with Gasteiger partial charge < -0.3 is 15.6 Å². The molecule has 3 aromatic rings. The highest BCUT2D eigenvalue weighted by molar-refractivity contribution is 14.1. The fourth-order valence-corrected chi connectivity index (χ4v) is 4.37. The Bertz CT molecular complexity index is 914. The number of benzene rings is 1. The van der Waals surface area contributed by atoms with E-state index in [0.29, 0.717) is 22.4 Å². The molecule has 2 aromatic heterocycles. The Hall–Kier alpha value is -1.10. The molecule has 0 unspecified atom stereocenters. The number of aryl methyl sites for hydroxylation is 1. The first-order valence-corrected chi connectivity index (χ1v) is 10.6. The Balaban J connectivity index is 1.93. The van der Waals surface area contributed by atoms with Gasteiger partial charge in [-0.25, -0.2) is 15.0 Å². The monoisotopic (exact) mass is 502 g/mol. The summed E-state index contributed by atoms with van der Waals surface area (Å²) in [4.78, 5) is 14.2. The van der Waals surface area contributed by atoms with E-state index < -0.39 is 0 Å². The van der Waals surface area contributed by atoms with Crippen LogP contribution in [-0.4, -0.2) is 32.1 Å². The molecule has 138 valence electrons. The van der Waals surface area contributed by atoms with Gasteiger partial charge in [-0.05, 0) is 53.8 Å². The van der Waals surface area contributed by atoms with Crippen LogP contribution in [0, 0.1) is 3.57 Å². The quantitative estimate of drug-likeness (QED) is 0.372. The van der Waals surface area contributed by atoms with Gasteiger partial charge in [-0.2, -0.15) is 0 Å². The normalized spacial score (nSPS) is 11.6. The van der Waals surface area contributed by atoms with E-state index in [-0.39, 0.29) is 0 Å². The van der Waals surface area contributed by atoms with Crippen LogP contribution in [0.3, 0.4) is 0 Å². The standard InChI is InChI=1S/C17H20ClIN6S/c1-10(2)21-6-3-7-25-16-14(15(20)22-9-23-16)24-17(25)26-13-8-11(18)4-5-12(13)19/h4-5,8-10,21H,3,6-7H2,1-2H3,(H2,20,22,23). The topological polar surface area (TPSA) is 81.7 Å². The Morgan fingerprint density at radius 2 is 2.15 bits per heavy atom. The molecule has 0 aliphatic rings. The van der Waals surface area contributed by atoms with Gasteiger partial charge >= 0.3 is 0 Å². The summed E-state index contributed by atoms with van der Waals surface area (Å²) in [5.41, 5.74) is 7.42. The largest absolute Gasteiger partial charge is 0.382 e. The van der Waals surface area contributed by atoms with E-state index in [1.165, 1.54) is 6.33 Å². The number of hydrogen-bond donors (Lipinski definition) is 2. The molecule has 3 N–H and O–H groups in total. The molecule has 2 heterocycles. The Morgan fingerprint density at radius 1 is 1.35 bits per heavy atom. The Labute approximate surface area is 175 Å². The predicted molar refractivity (Wildman–Crippen MR) is 116 cm³/mol. The van der Waals surface area contributed by atoms with Crippen molar-refractivity contribution < 1.29 is 0 Å². The van der Waals surface area contributed by atoms with Crippen molar-refractivity contribution in [3.05, 3.63) is 33.1 Å². The van der Waals surface area contributed by atoms with Crippen molar-refractivity contribution in [3.8, 4) is 0 Å². The fourth-order valence-electron chi connectivity index (χ4n) is 2.50. The van der Waals surface area contributed by atoms with Gasteiger partial charge in [0.1, 0.15) is 6.33 Å². The highest BCUT2D eigenvalue weighted by Gasteiger charge is 2.17. The molecular formula is C17H20ClIN6S. The second-order valence-corrected chi connectivity index (χ2v) is 8.72. The Morgan fingerprint density at radius 3 is 2.92 bits per heavy atom. The van der Waals surface area contributed by atoms with Crippen LogP contribution in [0.5, 0.6) is 0 Å². The van der Waals surface area contributed by atoms with Crippen LogP contribution in [0.25, 0.3) is 11.2 Å². The molecule has 0 bridgehead atoms. The maximum Gasteiger partial charge on any atom is 0.175 e. The third-order valence-electron chi connectivity index (χ3n) is 3.73. The molecule has 9 heteroatoms. The summed E-state index contributed by atoms with van der Waals surface area (Å²) >= 11 is 10.0. The molecule has 0 amide bonds. The smallest absolute Gasteiger partial charge is 0.175 e. The molecule has 0 saturated heterocycles. The average molecular weight is 503 g/mol. The van der Waals surface area contributed by atoms with Crippen molar-refractivity contribution in [2.45, 2.75) is 42.9 Å². The minimum absolute atomic E-state index is 0.400. The number of fused-ring (bicyclic) bond motifs is 1. The number of nitrogens with two attached hydrogens (primary N) is 1. The lowest BCUT2D eigenvalue weighted by Gasteiger charge is -2.11. The van der Waals surface area contributed by atoms with Gasteiger partial charge in [0.15, 0.2) is 22.1 Å². The number of hydrogen-bond acceptors (Lipinski definition) is 6. The molecule has 0 saturated carbocycles. The van der Waals surface area contributed by atoms with Gasteiger partial charge in [-0.1, -0.05) is 37.2 Å². The first kappa shape index (κ1) is 19.7. The van der Waals surface area contributed by atoms with Gasteiger partial charge in [0.25, 0.3) is 0 Å². The van der Waals surface area contributed by atoms with Crippen LogP contribution in [-0.2, 0) is 6.54 Å². The molecule has 0 fully saturated rings. The van der Waals surface area contributed by atoms with Gasteiger partial charge in [0.2, 0.25) is 0 Å². The lowest BCUT2D eigenvalue weighted by atomic mass is 10.3. The van der Waals surface area contributed by atoms with E-state index >= 15 is 0 Å². The molecule has 0 atom stereocenters. The summed E-state index contributed by atoms with van der Waals surface area (Å²) in [6.45, 7) is 6.01. The minimum atomic E-state index is 0.400. The second kappa shape index (κ2) is 8.73. The van der Waals surface area contributed by atoms with Crippen molar-refractivity contribution in [2.75, 3.05) is 12.3 Å². The van der Waals surface area contributed by atoms with Crippen LogP contribution in [0.2, 0.25) is 5.02 Å². The highest BCUT2D eigenvalue weighted by atomic mass is 127. The summed E-state index contributed by atoms with van der Waals surface area (Å²) in [6.07, 6.45) is 2.45. The number of rotatable bonds is 7. The molecular weight excluding hydrogens is 483 g/mol. The summed E-state index contributed by atoms with van der Waals surface area (Å²) in [5.74, 6) is 0.400. The van der Waals surface area contributed by atoms with E-state index in [2.05, 4.69) is 56.3 Å². The first-order valence-electron chi connectivity index (χ1n) is 8.28. The molecule has 3 rings (SSSR count). The van der Waals surface area contributed by atoms with Crippen LogP contribution in [0.15, 0.2) is 34.6 Å². The second-order valence-electron chi connectivity index (χ2n) is 6.12. The number of nitrogens with zero attached hydrogens (tertiary/aromatic N) is 4. The van der Waals surface area contributed by atoms with Gasteiger partial charge in [0, 0.05) is 26.1 Å². The molecule has 6 nitrogen and oxygen atoms in total. The van der Waals surface area contributed by atoms with Crippen LogP contribution in [0.4, 0.5) is 5.82 Å². The summed E-state index contributed by atoms with van der Waals surface area (Å²) in [5, 5.41) is 4.99. The van der Waals surface area contributed by atoms with Crippen molar-refractivity contribution in [1.29, 1.82) is 0 Å². The van der Waals surface area contributed by atoms with Crippen LogP contribution < -0.4 is 11.1 Å². The van der Waals surface area contributed by atoms with Gasteiger partial charge in [0.05, 0.1) is 0 Å². The number of anilines is 1. The van der Waals surface area contributed by atoms with Crippen molar-refractivity contribution in [2.24, 2.45) is 0 Å². The molecule has 1 aromatic carbocycles. The maximum absolute atomic E-state index is 6.16. The average Bonchev–Trinajstić information content (AvgIpc) is 2.94. The van der Waals surface area contributed by atoms with Crippen molar-refractivity contribution in [1.82, 2.24) is 24.8 Å². The molecule has 26 heavy (non-hydrogen) atoms. The van der Waals surface area contributed by atoms with Gasteiger partial charge in [-0.15, -0.1) is 0 Å². The van der Waals surface area contributed by atoms with E-state index in [1.54, 1.807) is 11.8 Å². The van der Waals surface area contributed by atoms with E-state index in [0.717, 1.165) is 38.8 Å². The molecule has 0 radical (unpaired) electrons. The third kappa shape index (κ3) is 4.59. The Kier molecular flexibility index (Phi) is 6.60. The maximum atomic E-state index is 6.16. The predicted octanol–water partition coefficient (Wildman–Crippen LogP) is 4.21. The van der Waals surface area contributed by atoms with E-state index in [9.17, 15) is 0 Å². The van der Waals surface area contributed by atoms with Crippen molar-refractivity contribution >= 4 is 62.9 Å². The van der Waals surface area contributed by atoms with Crippen LogP contribution >= 0.6 is 46.0 Å². The molecule has 0 aliphatic carbocycles. The molecule has 0 spiro atoms. The summed E-state index contributed by atoms with van der Waals surface area (Å²) in [7, 11) is 0. The number of nitrogen functional groups attached to an aromatic ring is 1. The summed E-state index contributed by atoms with van der Waals surface area (Å²) < 4.78 is 3.23. The zero-order valence-corrected chi connectivity index (χ0v) is 18.3. The van der Waals surface area contributed by atoms with Crippen molar-refractivity contribution in [3.63, 3.8) is 0 Å². The zero-order chi connectivity index (χ0) is 18.7. The SMILES string of the molecule is CC(C)NCCCn1c(Sc2cc(Cl)ccc2I)nc2c(N)ncnc21. The summed E-state index contributed by atoms with van der Waals surface area (Å²) in [6, 6.07) is 6.30. The van der Waals surface area contributed by atoms with E-state index in [1.807, 2.05) is 18.2 Å².